The van der Waals surface area contributed by atoms with Gasteiger partial charge in [0.05, 0.1) is 12.2 Å². The topological polar surface area (TPSA) is 32.7 Å². The largest absolute Gasteiger partial charge is 0.416 e. The molecule has 0 radical (unpaired) electrons. The predicted octanol–water partition coefficient (Wildman–Crippen LogP) is 3.46. The van der Waals surface area contributed by atoms with Crippen LogP contribution in [-0.2, 0) is 17.5 Å². The number of benzene rings is 1. The van der Waals surface area contributed by atoms with Crippen LogP contribution in [0.1, 0.15) is 30.4 Å². The van der Waals surface area contributed by atoms with Gasteiger partial charge < -0.3 is 9.84 Å². The van der Waals surface area contributed by atoms with Crippen LogP contribution in [0.3, 0.4) is 0 Å². The van der Waals surface area contributed by atoms with Crippen LogP contribution in [0, 0.1) is 11.2 Å². The lowest BCUT2D eigenvalue weighted by Gasteiger charge is -2.42. The molecule has 136 valence electrons. The summed E-state index contributed by atoms with van der Waals surface area (Å²) in [5.74, 6) is -0.639. The highest BCUT2D eigenvalue weighted by atomic mass is 19.4. The van der Waals surface area contributed by atoms with Crippen molar-refractivity contribution in [2.75, 3.05) is 33.4 Å². The van der Waals surface area contributed by atoms with E-state index in [1.807, 2.05) is 4.90 Å². The number of ether oxygens (including phenoxy) is 1. The van der Waals surface area contributed by atoms with E-state index >= 15 is 0 Å². The predicted molar refractivity (Wildman–Crippen MR) is 81.9 cm³/mol. The molecule has 1 aromatic rings. The maximum atomic E-state index is 13.9. The van der Waals surface area contributed by atoms with Crippen LogP contribution >= 0.6 is 0 Å². The molecule has 0 spiro atoms. The molecule has 0 saturated carbocycles. The van der Waals surface area contributed by atoms with Crippen molar-refractivity contribution in [3.63, 3.8) is 0 Å². The highest BCUT2D eigenvalue weighted by molar-refractivity contribution is 5.27. The molecule has 1 fully saturated rings. The first-order valence-corrected chi connectivity index (χ1v) is 7.97. The first kappa shape index (κ1) is 19.1. The van der Waals surface area contributed by atoms with Gasteiger partial charge in [0.1, 0.15) is 5.82 Å². The van der Waals surface area contributed by atoms with Gasteiger partial charge in [-0.2, -0.15) is 13.2 Å². The van der Waals surface area contributed by atoms with E-state index in [-0.39, 0.29) is 24.1 Å². The standard InChI is InChI=1S/C17H23F4NO2/c1-24-8-6-16(12-23)5-2-7-22(11-16)10-13-9-14(17(19,20)21)3-4-15(13)18/h3-4,9,23H,2,5-8,10-12H2,1H3/t16-/m0/s1. The van der Waals surface area contributed by atoms with Crippen molar-refractivity contribution in [2.24, 2.45) is 5.41 Å². The van der Waals surface area contributed by atoms with E-state index in [0.717, 1.165) is 31.0 Å². The molecule has 1 aliphatic heterocycles. The molecule has 24 heavy (non-hydrogen) atoms. The van der Waals surface area contributed by atoms with E-state index < -0.39 is 17.6 Å². The summed E-state index contributed by atoms with van der Waals surface area (Å²) in [7, 11) is 1.59. The Balaban J connectivity index is 2.13. The molecule has 0 bridgehead atoms. The van der Waals surface area contributed by atoms with Crippen molar-refractivity contribution in [1.82, 2.24) is 4.90 Å². The Labute approximate surface area is 139 Å². The Bertz CT molecular complexity index is 550. The molecular formula is C17H23F4NO2. The van der Waals surface area contributed by atoms with Crippen LogP contribution < -0.4 is 0 Å². The number of aliphatic hydroxyl groups excluding tert-OH is 1. The molecule has 1 atom stereocenters. The third kappa shape index (κ3) is 4.68. The van der Waals surface area contributed by atoms with Gasteiger partial charge in [-0.05, 0) is 44.0 Å². The molecule has 1 aliphatic rings. The zero-order chi connectivity index (χ0) is 17.8. The molecule has 1 heterocycles. The summed E-state index contributed by atoms with van der Waals surface area (Å²) in [5, 5.41) is 9.75. The average Bonchev–Trinajstić information content (AvgIpc) is 2.54. The van der Waals surface area contributed by atoms with Crippen molar-refractivity contribution in [3.05, 3.63) is 35.1 Å². The van der Waals surface area contributed by atoms with E-state index in [1.165, 1.54) is 0 Å². The van der Waals surface area contributed by atoms with Gasteiger partial charge in [0.2, 0.25) is 0 Å². The van der Waals surface area contributed by atoms with Gasteiger partial charge >= 0.3 is 6.18 Å². The maximum absolute atomic E-state index is 13.9. The lowest BCUT2D eigenvalue weighted by Crippen LogP contribution is -2.45. The van der Waals surface area contributed by atoms with Gasteiger partial charge in [-0.3, -0.25) is 4.90 Å². The van der Waals surface area contributed by atoms with Crippen molar-refractivity contribution < 1.29 is 27.4 Å². The van der Waals surface area contributed by atoms with Gasteiger partial charge in [-0.15, -0.1) is 0 Å². The van der Waals surface area contributed by atoms with Crippen molar-refractivity contribution >= 4 is 0 Å². The number of hydrogen-bond donors (Lipinski definition) is 1. The smallest absolute Gasteiger partial charge is 0.396 e. The van der Waals surface area contributed by atoms with Gasteiger partial charge in [0.25, 0.3) is 0 Å². The lowest BCUT2D eigenvalue weighted by molar-refractivity contribution is -0.137. The third-order valence-electron chi connectivity index (χ3n) is 4.68. The number of likely N-dealkylation sites (tertiary alicyclic amines) is 1. The number of aliphatic hydroxyl groups is 1. The van der Waals surface area contributed by atoms with Crippen LogP contribution in [0.5, 0.6) is 0 Å². The molecular weight excluding hydrogens is 326 g/mol. The summed E-state index contributed by atoms with van der Waals surface area (Å²) in [5.41, 5.74) is -1.15. The Morgan fingerprint density at radius 2 is 2.08 bits per heavy atom. The highest BCUT2D eigenvalue weighted by Gasteiger charge is 2.35. The number of methoxy groups -OCH3 is 1. The number of halogens is 4. The number of hydrogen-bond acceptors (Lipinski definition) is 3. The fourth-order valence-corrected chi connectivity index (χ4v) is 3.29. The Morgan fingerprint density at radius 3 is 2.71 bits per heavy atom. The Hall–Kier alpha value is -1.18. The Morgan fingerprint density at radius 1 is 1.33 bits per heavy atom. The van der Waals surface area contributed by atoms with Crippen molar-refractivity contribution in [1.29, 1.82) is 0 Å². The molecule has 3 nitrogen and oxygen atoms in total. The molecule has 1 N–H and O–H groups in total. The Kier molecular flexibility index (Phi) is 6.22. The van der Waals surface area contributed by atoms with Gasteiger partial charge in [0.15, 0.2) is 0 Å². The monoisotopic (exact) mass is 349 g/mol. The fourth-order valence-electron chi connectivity index (χ4n) is 3.29. The van der Waals surface area contributed by atoms with E-state index in [2.05, 4.69) is 0 Å². The van der Waals surface area contributed by atoms with Crippen LogP contribution in [0.2, 0.25) is 0 Å². The van der Waals surface area contributed by atoms with Crippen LogP contribution in [0.25, 0.3) is 0 Å². The van der Waals surface area contributed by atoms with Crippen molar-refractivity contribution in [2.45, 2.75) is 32.0 Å². The van der Waals surface area contributed by atoms with Gasteiger partial charge in [-0.1, -0.05) is 0 Å². The zero-order valence-corrected chi connectivity index (χ0v) is 13.7. The van der Waals surface area contributed by atoms with E-state index in [9.17, 15) is 22.7 Å². The number of alkyl halides is 3. The second kappa shape index (κ2) is 7.80. The number of rotatable bonds is 6. The molecule has 1 saturated heterocycles. The summed E-state index contributed by atoms with van der Waals surface area (Å²) in [4.78, 5) is 1.91. The van der Waals surface area contributed by atoms with Gasteiger partial charge in [-0.25, -0.2) is 4.39 Å². The van der Waals surface area contributed by atoms with E-state index in [4.69, 9.17) is 4.74 Å². The number of piperidine rings is 1. The maximum Gasteiger partial charge on any atom is 0.416 e. The molecule has 0 unspecified atom stereocenters. The fraction of sp³-hybridized carbons (Fsp3) is 0.647. The SMILES string of the molecule is COCC[C@@]1(CO)CCCN(Cc2cc(C(F)(F)F)ccc2F)C1. The van der Waals surface area contributed by atoms with Crippen LogP contribution in [0.4, 0.5) is 17.6 Å². The minimum atomic E-state index is -4.49. The second-order valence-corrected chi connectivity index (χ2v) is 6.52. The summed E-state index contributed by atoms with van der Waals surface area (Å²) < 4.78 is 57.4. The van der Waals surface area contributed by atoms with Crippen LogP contribution in [0.15, 0.2) is 18.2 Å². The summed E-state index contributed by atoms with van der Waals surface area (Å²) >= 11 is 0. The normalized spacial score (nSPS) is 22.8. The van der Waals surface area contributed by atoms with Crippen molar-refractivity contribution in [3.8, 4) is 0 Å². The quantitative estimate of drug-likeness (QED) is 0.799. The van der Waals surface area contributed by atoms with Crippen LogP contribution in [-0.4, -0.2) is 43.4 Å². The van der Waals surface area contributed by atoms with Gasteiger partial charge in [0, 0.05) is 37.8 Å². The first-order valence-electron chi connectivity index (χ1n) is 7.97. The number of nitrogens with zero attached hydrogens (tertiary/aromatic N) is 1. The second-order valence-electron chi connectivity index (χ2n) is 6.52. The summed E-state index contributed by atoms with van der Waals surface area (Å²) in [6.45, 7) is 1.78. The lowest BCUT2D eigenvalue weighted by atomic mass is 9.78. The molecule has 0 aromatic heterocycles. The molecule has 2 rings (SSSR count). The first-order chi connectivity index (χ1) is 11.3. The molecule has 0 aliphatic carbocycles. The third-order valence-corrected chi connectivity index (χ3v) is 4.68. The minimum Gasteiger partial charge on any atom is -0.396 e. The molecule has 7 heteroatoms. The molecule has 1 aromatic carbocycles. The molecule has 0 amide bonds. The minimum absolute atomic E-state index is 0.0159. The van der Waals surface area contributed by atoms with E-state index in [0.29, 0.717) is 26.1 Å². The summed E-state index contributed by atoms with van der Waals surface area (Å²) in [6.07, 6.45) is -2.18. The highest BCUT2D eigenvalue weighted by Crippen LogP contribution is 2.35. The summed E-state index contributed by atoms with van der Waals surface area (Å²) in [6, 6.07) is 2.50. The average molecular weight is 349 g/mol. The zero-order valence-electron chi connectivity index (χ0n) is 13.7. The van der Waals surface area contributed by atoms with E-state index in [1.54, 1.807) is 7.11 Å².